The smallest absolute Gasteiger partial charge is 0.270 e. The van der Waals surface area contributed by atoms with Gasteiger partial charge in [0, 0.05) is 33.0 Å². The largest absolute Gasteiger partial charge is 0.384 e. The highest BCUT2D eigenvalue weighted by molar-refractivity contribution is 5.93. The number of aryl methyl sites for hydroxylation is 1. The van der Waals surface area contributed by atoms with Crippen molar-refractivity contribution in [1.29, 1.82) is 0 Å². The molecule has 2 aliphatic carbocycles. The van der Waals surface area contributed by atoms with Crippen LogP contribution >= 0.6 is 0 Å². The zero-order chi connectivity index (χ0) is 22.9. The number of rotatable bonds is 5. The summed E-state index contributed by atoms with van der Waals surface area (Å²) in [5, 5.41) is 14.2. The predicted octanol–water partition coefficient (Wildman–Crippen LogP) is 2.96. The summed E-state index contributed by atoms with van der Waals surface area (Å²) >= 11 is 0. The van der Waals surface area contributed by atoms with Gasteiger partial charge in [-0.25, -0.2) is 23.7 Å². The van der Waals surface area contributed by atoms with E-state index in [2.05, 4.69) is 20.3 Å². The van der Waals surface area contributed by atoms with E-state index in [0.29, 0.717) is 5.69 Å². The fourth-order valence-corrected chi connectivity index (χ4v) is 4.48. The number of aliphatic hydroxyl groups is 1. The Labute approximate surface area is 185 Å². The first-order chi connectivity index (χ1) is 15.2. The van der Waals surface area contributed by atoms with Crippen LogP contribution in [0.25, 0.3) is 11.5 Å². The van der Waals surface area contributed by atoms with Crippen LogP contribution < -0.4 is 5.32 Å². The summed E-state index contributed by atoms with van der Waals surface area (Å²) in [6.45, 7) is 0. The number of carbonyl (C=O) groups excluding carboxylic acids is 1. The molecule has 2 N–H and O–H groups in total. The van der Waals surface area contributed by atoms with Gasteiger partial charge in [-0.2, -0.15) is 0 Å². The van der Waals surface area contributed by atoms with Gasteiger partial charge in [-0.15, -0.1) is 0 Å². The van der Waals surface area contributed by atoms with Crippen LogP contribution in [0.4, 0.5) is 8.78 Å². The maximum atomic E-state index is 13.7. The first kappa shape index (κ1) is 22.7. The maximum absolute atomic E-state index is 13.7. The number of nitrogens with zero attached hydrogens (tertiary/aromatic N) is 4. The highest BCUT2D eigenvalue weighted by atomic mass is 19.3. The first-order valence-corrected chi connectivity index (χ1v) is 11.0. The van der Waals surface area contributed by atoms with Gasteiger partial charge in [0.2, 0.25) is 5.92 Å². The standard InChI is InChI=1S/C22H29F2N5O3/c1-29-13-25-12-17(29)19-27-16(20(30)26-14-3-5-15(32-2)6-4-14)11-18(28-19)21(31)7-9-22(23,24)10-8-21/h11-15,31H,3-10H2,1-2H3,(H,26,30)/t14-,15-. The molecule has 1 amide bonds. The van der Waals surface area contributed by atoms with Gasteiger partial charge in [0.15, 0.2) is 5.82 Å². The van der Waals surface area contributed by atoms with Gasteiger partial charge in [-0.1, -0.05) is 0 Å². The third kappa shape index (κ3) is 4.80. The number of hydrogen-bond donors (Lipinski definition) is 2. The molecule has 2 aromatic heterocycles. The van der Waals surface area contributed by atoms with Crippen LogP contribution in [0.15, 0.2) is 18.6 Å². The van der Waals surface area contributed by atoms with E-state index in [-0.39, 0.29) is 48.1 Å². The average Bonchev–Trinajstić information content (AvgIpc) is 3.22. The van der Waals surface area contributed by atoms with Crippen molar-refractivity contribution in [2.75, 3.05) is 7.11 Å². The number of amides is 1. The molecule has 0 atom stereocenters. The molecule has 2 aromatic rings. The molecule has 0 aliphatic heterocycles. The number of aromatic nitrogens is 4. The molecule has 0 bridgehead atoms. The van der Waals surface area contributed by atoms with Crippen LogP contribution in [-0.4, -0.2) is 55.7 Å². The van der Waals surface area contributed by atoms with E-state index < -0.39 is 24.4 Å². The molecule has 174 valence electrons. The van der Waals surface area contributed by atoms with Gasteiger partial charge in [0.1, 0.15) is 17.0 Å². The van der Waals surface area contributed by atoms with Crippen LogP contribution in [0, 0.1) is 0 Å². The Morgan fingerprint density at radius 2 is 1.88 bits per heavy atom. The number of halogens is 2. The average molecular weight is 450 g/mol. The fourth-order valence-electron chi connectivity index (χ4n) is 4.48. The van der Waals surface area contributed by atoms with E-state index >= 15 is 0 Å². The monoisotopic (exact) mass is 449 g/mol. The number of imidazole rings is 1. The third-order valence-electron chi connectivity index (χ3n) is 6.63. The van der Waals surface area contributed by atoms with Crippen molar-refractivity contribution in [2.45, 2.75) is 75.0 Å². The third-order valence-corrected chi connectivity index (χ3v) is 6.63. The Kier molecular flexibility index (Phi) is 6.26. The lowest BCUT2D eigenvalue weighted by molar-refractivity contribution is -0.108. The van der Waals surface area contributed by atoms with Crippen molar-refractivity contribution >= 4 is 5.91 Å². The number of nitrogens with one attached hydrogen (secondary N) is 1. The fraction of sp³-hybridized carbons (Fsp3) is 0.636. The molecule has 32 heavy (non-hydrogen) atoms. The molecule has 0 radical (unpaired) electrons. The molecule has 2 fully saturated rings. The van der Waals surface area contributed by atoms with Crippen LogP contribution in [-0.2, 0) is 17.4 Å². The van der Waals surface area contributed by atoms with Crippen LogP contribution in [0.5, 0.6) is 0 Å². The number of carbonyl (C=O) groups is 1. The van der Waals surface area contributed by atoms with Gasteiger partial charge in [0.05, 0.1) is 24.3 Å². The van der Waals surface area contributed by atoms with E-state index in [9.17, 15) is 18.7 Å². The molecule has 2 heterocycles. The van der Waals surface area contributed by atoms with Gasteiger partial charge in [-0.3, -0.25) is 4.79 Å². The summed E-state index contributed by atoms with van der Waals surface area (Å²) < 4.78 is 34.5. The van der Waals surface area contributed by atoms with Gasteiger partial charge >= 0.3 is 0 Å². The van der Waals surface area contributed by atoms with Crippen LogP contribution in [0.1, 0.15) is 67.5 Å². The van der Waals surface area contributed by atoms with Crippen LogP contribution in [0.3, 0.4) is 0 Å². The van der Waals surface area contributed by atoms with E-state index in [4.69, 9.17) is 4.74 Å². The SMILES string of the molecule is CO[C@H]1CC[C@H](NC(=O)c2cc(C3(O)CCC(F)(F)CC3)nc(-c3cncn3C)n2)CC1. The number of hydrogen-bond acceptors (Lipinski definition) is 6. The second-order valence-corrected chi connectivity index (χ2v) is 8.92. The number of ether oxygens (including phenoxy) is 1. The van der Waals surface area contributed by atoms with E-state index in [1.807, 2.05) is 0 Å². The summed E-state index contributed by atoms with van der Waals surface area (Å²) in [5.74, 6) is -2.95. The molecular formula is C22H29F2N5O3. The predicted molar refractivity (Wildman–Crippen MR) is 112 cm³/mol. The first-order valence-electron chi connectivity index (χ1n) is 11.0. The Morgan fingerprint density at radius 1 is 1.19 bits per heavy atom. The summed E-state index contributed by atoms with van der Waals surface area (Å²) in [4.78, 5) is 26.0. The lowest BCUT2D eigenvalue weighted by Gasteiger charge is -2.35. The zero-order valence-corrected chi connectivity index (χ0v) is 18.4. The molecule has 0 aromatic carbocycles. The van der Waals surface area contributed by atoms with E-state index in [1.54, 1.807) is 31.2 Å². The van der Waals surface area contributed by atoms with Crippen LogP contribution in [0.2, 0.25) is 0 Å². The van der Waals surface area contributed by atoms with E-state index in [1.165, 1.54) is 6.07 Å². The highest BCUT2D eigenvalue weighted by Gasteiger charge is 2.44. The second-order valence-electron chi connectivity index (χ2n) is 8.92. The summed E-state index contributed by atoms with van der Waals surface area (Å²) in [7, 11) is 3.46. The topological polar surface area (TPSA) is 102 Å². The minimum Gasteiger partial charge on any atom is -0.384 e. The van der Waals surface area contributed by atoms with Crippen molar-refractivity contribution < 1.29 is 23.4 Å². The van der Waals surface area contributed by atoms with Gasteiger partial charge < -0.3 is 19.7 Å². The summed E-state index contributed by atoms with van der Waals surface area (Å²) in [6, 6.07) is 1.43. The molecule has 4 rings (SSSR count). The molecule has 8 nitrogen and oxygen atoms in total. The molecule has 0 saturated heterocycles. The van der Waals surface area contributed by atoms with Crippen molar-refractivity contribution in [3.8, 4) is 11.5 Å². The van der Waals surface area contributed by atoms with Gasteiger partial charge in [0.25, 0.3) is 5.91 Å². The van der Waals surface area contributed by atoms with Crippen molar-refractivity contribution in [2.24, 2.45) is 7.05 Å². The van der Waals surface area contributed by atoms with Crippen molar-refractivity contribution in [3.63, 3.8) is 0 Å². The number of alkyl halides is 2. The quantitative estimate of drug-likeness (QED) is 0.728. The minimum absolute atomic E-state index is 0.00364. The minimum atomic E-state index is -2.80. The highest BCUT2D eigenvalue weighted by Crippen LogP contribution is 2.43. The Hall–Kier alpha value is -2.46. The normalized spacial score (nSPS) is 24.8. The van der Waals surface area contributed by atoms with E-state index in [0.717, 1.165) is 25.7 Å². The lowest BCUT2D eigenvalue weighted by Crippen LogP contribution is -2.40. The zero-order valence-electron chi connectivity index (χ0n) is 18.4. The number of methoxy groups -OCH3 is 1. The molecule has 2 saturated carbocycles. The van der Waals surface area contributed by atoms with Crippen molar-refractivity contribution in [1.82, 2.24) is 24.8 Å². The van der Waals surface area contributed by atoms with Crippen molar-refractivity contribution in [3.05, 3.63) is 30.0 Å². The van der Waals surface area contributed by atoms with Gasteiger partial charge in [-0.05, 0) is 44.6 Å². The molecule has 0 unspecified atom stereocenters. The second kappa shape index (κ2) is 8.82. The molecule has 10 heteroatoms. The molecule has 2 aliphatic rings. The lowest BCUT2D eigenvalue weighted by atomic mass is 9.80. The maximum Gasteiger partial charge on any atom is 0.270 e. The Morgan fingerprint density at radius 3 is 2.47 bits per heavy atom. The Bertz CT molecular complexity index is 962. The summed E-state index contributed by atoms with van der Waals surface area (Å²) in [5.41, 5.74) is -0.687. The summed E-state index contributed by atoms with van der Waals surface area (Å²) in [6.07, 6.45) is 5.55. The Balaban J connectivity index is 1.62. The molecule has 0 spiro atoms. The molecular weight excluding hydrogens is 420 g/mol.